The molecule has 0 spiro atoms. The van der Waals surface area contributed by atoms with E-state index in [2.05, 4.69) is 269 Å². The molecule has 662 valence electrons. The molecular formula is C98H110N4Na2O17S6. The molecule has 127 heavy (non-hydrogen) atoms. The normalized spacial score (nSPS) is 19.4. The van der Waals surface area contributed by atoms with E-state index in [1.165, 1.54) is 32.7 Å². The first-order chi connectivity index (χ1) is 59.9. The summed E-state index contributed by atoms with van der Waals surface area (Å²) >= 11 is 5.34. The number of methoxy groups -OCH3 is 1. The predicted molar refractivity (Wildman–Crippen MR) is 500 cm³/mol. The summed E-state index contributed by atoms with van der Waals surface area (Å²) in [5, 5.41) is 37.3. The number of fused-ring (bicyclic) bond motifs is 12. The number of carbonyl (C=O) groups is 2. The summed E-state index contributed by atoms with van der Waals surface area (Å²) in [6, 6.07) is 50.5. The number of thioether (sulfide) groups is 2. The Balaban J connectivity index is 0.000000243. The fourth-order valence-corrected chi connectivity index (χ4v) is 23.0. The molecule has 29 heteroatoms. The quantitative estimate of drug-likeness (QED) is 0.00522. The SMILES string of the molecule is CCOC(=O)C1CC(/C=C/C2=[N+](CCCSOO[O-])c3ccc4ccccc4c3C2(C)C)=C(SCCOC)C(=C/C=C2/N(CCCS(=O)(=O)[O-])c3ccc4ccccc4c3C2(C)C)/C1.CCOC(=O)C1CC(=CC=C2N(CCCS(=O)(=O)[O-])c3ccc4ccccc4c3C2(C)C)C(SC)=C(C=CC2=[N+](CCCSOO[O-])c3ccc4ccccc4c3C2(C)C)C1.[Na+].[Na+]. The molecule has 0 saturated carbocycles. The van der Waals surface area contributed by atoms with E-state index in [1.807, 2.05) is 38.1 Å². The number of allylic oxidation sites excluding steroid dienone is 14. The molecule has 0 amide bonds. The monoisotopic (exact) mass is 1850 g/mol. The van der Waals surface area contributed by atoms with Crippen molar-refractivity contribution in [2.75, 3.05) is 97.9 Å². The van der Waals surface area contributed by atoms with Crippen LogP contribution in [0.4, 0.5) is 22.7 Å². The van der Waals surface area contributed by atoms with Crippen LogP contribution >= 0.6 is 47.6 Å². The van der Waals surface area contributed by atoms with E-state index < -0.39 is 59.8 Å². The molecule has 8 aromatic carbocycles. The van der Waals surface area contributed by atoms with Crippen molar-refractivity contribution < 1.29 is 147 Å². The maximum atomic E-state index is 13.8. The number of hydrogen-bond donors (Lipinski definition) is 0. The summed E-state index contributed by atoms with van der Waals surface area (Å²) in [6.45, 7) is 24.6. The molecule has 4 aliphatic heterocycles. The predicted octanol–water partition coefficient (Wildman–Crippen LogP) is 12.7. The van der Waals surface area contributed by atoms with Crippen molar-refractivity contribution in [3.63, 3.8) is 0 Å². The number of nitrogens with zero attached hydrogens (tertiary/aromatic N) is 4. The molecule has 21 nitrogen and oxygen atoms in total. The molecule has 0 fully saturated rings. The molecule has 8 aromatic rings. The van der Waals surface area contributed by atoms with Gasteiger partial charge < -0.3 is 43.6 Å². The van der Waals surface area contributed by atoms with Crippen LogP contribution in [0.25, 0.3) is 43.1 Å². The average molecular weight is 1850 g/mol. The number of esters is 2. The maximum absolute atomic E-state index is 13.8. The summed E-state index contributed by atoms with van der Waals surface area (Å²) in [5.41, 5.74) is 15.6. The Kier molecular flexibility index (Phi) is 35.3. The zero-order valence-corrected chi connectivity index (χ0v) is 83.8. The summed E-state index contributed by atoms with van der Waals surface area (Å²) in [6.07, 6.45) is 23.1. The molecule has 4 heterocycles. The Morgan fingerprint density at radius 1 is 0.472 bits per heavy atom. The van der Waals surface area contributed by atoms with Gasteiger partial charge in [-0.15, -0.1) is 23.5 Å². The summed E-state index contributed by atoms with van der Waals surface area (Å²) in [4.78, 5) is 33.8. The Bertz CT molecular complexity index is 6010. The number of anilines is 2. The van der Waals surface area contributed by atoms with Crippen molar-refractivity contribution in [2.24, 2.45) is 11.8 Å². The number of hydrogen-bond acceptors (Lipinski definition) is 23. The van der Waals surface area contributed by atoms with Gasteiger partial charge >= 0.3 is 71.1 Å². The molecule has 0 saturated heterocycles. The van der Waals surface area contributed by atoms with Gasteiger partial charge in [-0.3, -0.25) is 19.7 Å². The van der Waals surface area contributed by atoms with Gasteiger partial charge in [-0.05, 0) is 199 Å². The van der Waals surface area contributed by atoms with Crippen molar-refractivity contribution in [1.82, 2.24) is 0 Å². The molecule has 6 aliphatic rings. The van der Waals surface area contributed by atoms with Crippen molar-refractivity contribution in [3.05, 3.63) is 260 Å². The first kappa shape index (κ1) is 101. The fraction of sp³-hybridized carbons (Fsp3) is 0.388. The molecule has 0 radical (unpaired) electrons. The molecule has 2 atom stereocenters. The van der Waals surface area contributed by atoms with Crippen molar-refractivity contribution in [2.45, 2.75) is 142 Å². The zero-order chi connectivity index (χ0) is 89.2. The molecular weight excluding hydrogens is 1740 g/mol. The summed E-state index contributed by atoms with van der Waals surface area (Å²) < 4.78 is 101. The van der Waals surface area contributed by atoms with Gasteiger partial charge in [0.25, 0.3) is 0 Å². The molecule has 0 bridgehead atoms. The number of ether oxygens (including phenoxy) is 3. The van der Waals surface area contributed by atoms with Crippen LogP contribution in [-0.4, -0.2) is 147 Å². The molecule has 0 N–H and O–H groups in total. The summed E-state index contributed by atoms with van der Waals surface area (Å²) in [7, 11) is -7.10. The van der Waals surface area contributed by atoms with Gasteiger partial charge in [-0.25, -0.2) is 16.8 Å². The van der Waals surface area contributed by atoms with E-state index in [1.54, 1.807) is 30.6 Å². The van der Waals surface area contributed by atoms with Crippen LogP contribution in [0.2, 0.25) is 0 Å². The molecule has 0 aromatic heterocycles. The average Bonchev–Trinajstić information content (AvgIpc) is 1.59. The largest absolute Gasteiger partial charge is 1.00 e. The molecule has 2 aliphatic carbocycles. The van der Waals surface area contributed by atoms with E-state index in [0.717, 1.165) is 147 Å². The van der Waals surface area contributed by atoms with Gasteiger partial charge in [0.05, 0.1) is 62.7 Å². The second kappa shape index (κ2) is 44.4. The van der Waals surface area contributed by atoms with Crippen LogP contribution < -0.4 is 79.4 Å². The number of rotatable bonds is 35. The third kappa shape index (κ3) is 22.6. The smallest absolute Gasteiger partial charge is 0.748 e. The Morgan fingerprint density at radius 3 is 1.21 bits per heavy atom. The van der Waals surface area contributed by atoms with Crippen LogP contribution in [-0.2, 0) is 84.4 Å². The van der Waals surface area contributed by atoms with Crippen molar-refractivity contribution >= 4 is 157 Å². The minimum atomic E-state index is -4.41. The van der Waals surface area contributed by atoms with Crippen LogP contribution in [0.3, 0.4) is 0 Å². The topological polar surface area (TPSA) is 272 Å². The fourth-order valence-electron chi connectivity index (χ4n) is 19.4. The Labute approximate surface area is 808 Å². The van der Waals surface area contributed by atoms with Crippen molar-refractivity contribution in [1.29, 1.82) is 0 Å². The van der Waals surface area contributed by atoms with E-state index in [9.17, 15) is 46.0 Å². The van der Waals surface area contributed by atoms with Gasteiger partial charge in [0, 0.05) is 165 Å². The second-order valence-electron chi connectivity index (χ2n) is 34.1. The van der Waals surface area contributed by atoms with Gasteiger partial charge in [0.2, 0.25) is 11.4 Å². The third-order valence-electron chi connectivity index (χ3n) is 24.7. The van der Waals surface area contributed by atoms with E-state index in [-0.39, 0.29) is 103 Å². The third-order valence-corrected chi connectivity index (χ3v) is 29.6. The van der Waals surface area contributed by atoms with Crippen LogP contribution in [0.15, 0.2) is 238 Å². The van der Waals surface area contributed by atoms with Gasteiger partial charge in [0.15, 0.2) is 11.4 Å². The number of carbonyl (C=O) groups excluding carboxylic acids is 2. The van der Waals surface area contributed by atoms with E-state index in [0.29, 0.717) is 75.7 Å². The van der Waals surface area contributed by atoms with Crippen LogP contribution in [0.1, 0.15) is 143 Å². The van der Waals surface area contributed by atoms with Crippen LogP contribution in [0, 0.1) is 11.8 Å². The first-order valence-electron chi connectivity index (χ1n) is 42.5. The van der Waals surface area contributed by atoms with Crippen molar-refractivity contribution in [3.8, 4) is 0 Å². The van der Waals surface area contributed by atoms with Gasteiger partial charge in [-0.2, -0.15) is 17.8 Å². The zero-order valence-electron chi connectivity index (χ0n) is 75.0. The van der Waals surface area contributed by atoms with Crippen LogP contribution in [0.5, 0.6) is 0 Å². The van der Waals surface area contributed by atoms with Gasteiger partial charge in [0.1, 0.15) is 13.1 Å². The second-order valence-corrected chi connectivity index (χ2v) is 40.6. The summed E-state index contributed by atoms with van der Waals surface area (Å²) in [5.74, 6) is -0.384. The minimum Gasteiger partial charge on any atom is -0.748 e. The first-order valence-corrected chi connectivity index (χ1v) is 49.7. The molecule has 2 unspecified atom stereocenters. The van der Waals surface area contributed by atoms with Gasteiger partial charge in [-0.1, -0.05) is 161 Å². The van der Waals surface area contributed by atoms with E-state index >= 15 is 0 Å². The Morgan fingerprint density at radius 2 is 0.843 bits per heavy atom. The number of benzene rings is 8. The Hall–Kier alpha value is -6.46. The van der Waals surface area contributed by atoms with E-state index in [4.69, 9.17) is 14.2 Å². The standard InChI is InChI=1S/C50H58N2O9S3.C48H54N2O8S3.2Na/c1-7-59-48(53)38-32-36(20-24-43-49(2,3)45-39-16-10-8-14-34(39)18-22-41(45)51(43)26-12-29-63-61-60-54)47(62-30-28-58-6)37(33-38)21-25-44-50(4,5)46-40-17-11-9-15-35(40)19-23-42(46)52(44)27-13-31-64(55,56)57;1-7-56-46(51)36-30-34(20-24-41-47(2,3)43-37-16-10-8-14-32(37)18-22-39(43)49(41)26-12-28-60-58-57-52)45(59-6)35(31-36)21-25-42-48(4,5)44-38-17-11-9-15-33(38)19-23-40(44)50(42)27-13-29-61(53,54)55;;/h8-11,14-25,38H,7,12-13,26-33H2,1-6H3,(H-,54,55,56,57);8-11,14-25,36H,7,12-13,26-31H2,1-6H3,(H-,52,53,54,55);;/q;;2*+1/p-2. The maximum Gasteiger partial charge on any atom is 1.00 e. The molecule has 14 rings (SSSR count). The minimum absolute atomic E-state index is 0.